The summed E-state index contributed by atoms with van der Waals surface area (Å²) in [4.78, 5) is 15.1. The van der Waals surface area contributed by atoms with Gasteiger partial charge in [-0.25, -0.2) is 4.79 Å². The maximum atomic E-state index is 13.4. The molecule has 1 aliphatic carbocycles. The number of thioether (sulfide) groups is 1. The number of hydrogen-bond acceptors (Lipinski definition) is 9. The van der Waals surface area contributed by atoms with Gasteiger partial charge in [0.25, 0.3) is 0 Å². The Morgan fingerprint density at radius 1 is 1.32 bits per heavy atom. The topological polar surface area (TPSA) is 75.7 Å². The molecule has 200 valence electrons. The Kier molecular flexibility index (Phi) is 8.84. The Morgan fingerprint density at radius 3 is 2.70 bits per heavy atom. The van der Waals surface area contributed by atoms with Gasteiger partial charge in [0.2, 0.25) is 4.38 Å². The van der Waals surface area contributed by atoms with Crippen LogP contribution in [-0.4, -0.2) is 78.4 Å². The molecule has 1 aromatic rings. The molecule has 2 fully saturated rings. The predicted molar refractivity (Wildman–Crippen MR) is 144 cm³/mol. The van der Waals surface area contributed by atoms with Crippen LogP contribution in [0.1, 0.15) is 25.8 Å². The number of methoxy groups -OCH3 is 1. The summed E-state index contributed by atoms with van der Waals surface area (Å²) in [5, 5.41) is 0. The summed E-state index contributed by atoms with van der Waals surface area (Å²) in [6, 6.07) is 9.74. The molecule has 2 aliphatic heterocycles. The zero-order valence-electron chi connectivity index (χ0n) is 21.5. The molecule has 3 aliphatic rings. The SMILES string of the molecule is C#C[C@H]1OC(=O)N(Cc2ccccc2)[C@]12C[C@@H](OC(=S)SC)C(COCOC)=C[C@@H]2C1COC(C)(C)O1. The summed E-state index contributed by atoms with van der Waals surface area (Å²) in [5.41, 5.74) is 0.848. The van der Waals surface area contributed by atoms with E-state index in [-0.39, 0.29) is 25.4 Å². The molecule has 10 heteroatoms. The van der Waals surface area contributed by atoms with Crippen LogP contribution in [0.4, 0.5) is 4.79 Å². The van der Waals surface area contributed by atoms with Gasteiger partial charge in [0.05, 0.1) is 19.3 Å². The number of amides is 1. The monoisotopic (exact) mass is 547 g/mol. The van der Waals surface area contributed by atoms with E-state index in [4.69, 9.17) is 47.1 Å². The van der Waals surface area contributed by atoms with Gasteiger partial charge < -0.3 is 28.4 Å². The van der Waals surface area contributed by atoms with Gasteiger partial charge in [-0.15, -0.1) is 6.42 Å². The minimum Gasteiger partial charge on any atom is -0.471 e. The van der Waals surface area contributed by atoms with Gasteiger partial charge in [-0.1, -0.05) is 54.1 Å². The van der Waals surface area contributed by atoms with Crippen molar-refractivity contribution < 1.29 is 33.2 Å². The molecule has 37 heavy (non-hydrogen) atoms. The van der Waals surface area contributed by atoms with Crippen LogP contribution < -0.4 is 0 Å². The van der Waals surface area contributed by atoms with Crippen molar-refractivity contribution >= 4 is 34.5 Å². The maximum absolute atomic E-state index is 13.4. The average molecular weight is 548 g/mol. The Labute approximate surface area is 227 Å². The van der Waals surface area contributed by atoms with Crippen LogP contribution in [0.5, 0.6) is 0 Å². The van der Waals surface area contributed by atoms with E-state index in [1.165, 1.54) is 11.8 Å². The van der Waals surface area contributed by atoms with E-state index in [1.807, 2.05) is 56.5 Å². The number of carbonyl (C=O) groups is 1. The molecule has 0 bridgehead atoms. The lowest BCUT2D eigenvalue weighted by molar-refractivity contribution is -0.150. The van der Waals surface area contributed by atoms with Gasteiger partial charge in [0.15, 0.2) is 11.9 Å². The first-order chi connectivity index (χ1) is 17.7. The number of cyclic esters (lactones) is 1. The fourth-order valence-corrected chi connectivity index (χ4v) is 5.67. The number of ether oxygens (including phenoxy) is 6. The third kappa shape index (κ3) is 5.82. The molecule has 1 aromatic carbocycles. The van der Waals surface area contributed by atoms with Gasteiger partial charge >= 0.3 is 6.09 Å². The fourth-order valence-electron chi connectivity index (χ4n) is 5.34. The van der Waals surface area contributed by atoms with Crippen LogP contribution >= 0.6 is 24.0 Å². The zero-order chi connectivity index (χ0) is 26.6. The van der Waals surface area contributed by atoms with E-state index in [9.17, 15) is 4.79 Å². The molecule has 1 amide bonds. The molecule has 4 rings (SSSR count). The lowest BCUT2D eigenvalue weighted by Crippen LogP contribution is -2.62. The number of thiocarbonyl (C=S) groups is 1. The van der Waals surface area contributed by atoms with Crippen molar-refractivity contribution in [2.75, 3.05) is 33.4 Å². The second-order valence-electron chi connectivity index (χ2n) is 9.65. The highest BCUT2D eigenvalue weighted by molar-refractivity contribution is 8.22. The number of nitrogens with zero attached hydrogens (tertiary/aromatic N) is 1. The van der Waals surface area contributed by atoms with Crippen LogP contribution in [0.2, 0.25) is 0 Å². The highest BCUT2D eigenvalue weighted by atomic mass is 32.2. The third-order valence-corrected chi connectivity index (χ3v) is 7.96. The zero-order valence-corrected chi connectivity index (χ0v) is 23.1. The number of rotatable bonds is 8. The largest absolute Gasteiger partial charge is 0.471 e. The first-order valence-corrected chi connectivity index (χ1v) is 13.7. The lowest BCUT2D eigenvalue weighted by Gasteiger charge is -2.49. The van der Waals surface area contributed by atoms with Crippen LogP contribution in [0.15, 0.2) is 42.0 Å². The van der Waals surface area contributed by atoms with Crippen molar-refractivity contribution in [3.63, 3.8) is 0 Å². The summed E-state index contributed by atoms with van der Waals surface area (Å²) in [6.45, 7) is 4.77. The molecule has 2 heterocycles. The molecular formula is C27H33NO7S2. The quantitative estimate of drug-likeness (QED) is 0.157. The summed E-state index contributed by atoms with van der Waals surface area (Å²) in [7, 11) is 1.57. The van der Waals surface area contributed by atoms with E-state index in [2.05, 4.69) is 5.92 Å². The van der Waals surface area contributed by atoms with Crippen molar-refractivity contribution in [1.29, 1.82) is 0 Å². The Balaban J connectivity index is 1.82. The Bertz CT molecular complexity index is 1060. The van der Waals surface area contributed by atoms with Gasteiger partial charge in [-0.05, 0) is 43.5 Å². The fraction of sp³-hybridized carbons (Fsp3) is 0.556. The third-order valence-electron chi connectivity index (χ3n) is 6.93. The Morgan fingerprint density at radius 2 is 2.08 bits per heavy atom. The number of hydrogen-bond donors (Lipinski definition) is 0. The maximum Gasteiger partial charge on any atom is 0.412 e. The first kappa shape index (κ1) is 27.9. The summed E-state index contributed by atoms with van der Waals surface area (Å²) >= 11 is 6.76. The van der Waals surface area contributed by atoms with E-state index < -0.39 is 29.6 Å². The molecule has 0 N–H and O–H groups in total. The number of benzene rings is 1. The highest BCUT2D eigenvalue weighted by Gasteiger charge is 2.64. The van der Waals surface area contributed by atoms with E-state index in [0.717, 1.165) is 11.1 Å². The molecule has 2 saturated heterocycles. The summed E-state index contributed by atoms with van der Waals surface area (Å²) in [6.07, 6.45) is 8.07. The molecule has 1 spiro atoms. The standard InChI is InChI=1S/C27H33NO7S2/c1-6-23-27(28(24(29)34-23)14-18-10-8-7-9-11-18)13-21(33-25(36)37-5)19(15-31-17-30-4)12-20(27)22-16-32-26(2,3)35-22/h1,7-12,20-23H,13-17H2,2-5H3/t20-,21-,22?,23-,27+/m1/s1. The number of terminal acetylenes is 1. The summed E-state index contributed by atoms with van der Waals surface area (Å²) < 4.78 is 35.5. The van der Waals surface area contributed by atoms with Crippen LogP contribution in [-0.2, 0) is 35.0 Å². The smallest absolute Gasteiger partial charge is 0.412 e. The molecule has 5 atom stereocenters. The highest BCUT2D eigenvalue weighted by Crippen LogP contribution is 2.50. The second kappa shape index (κ2) is 11.7. The van der Waals surface area contributed by atoms with Crippen molar-refractivity contribution in [1.82, 2.24) is 4.90 Å². The van der Waals surface area contributed by atoms with Crippen LogP contribution in [0.3, 0.4) is 0 Å². The van der Waals surface area contributed by atoms with Crippen molar-refractivity contribution in [3.8, 4) is 12.3 Å². The minimum atomic E-state index is -0.973. The number of carbonyl (C=O) groups excluding carboxylic acids is 1. The van der Waals surface area contributed by atoms with Gasteiger partial charge in [-0.3, -0.25) is 4.90 Å². The second-order valence-corrected chi connectivity index (χ2v) is 11.1. The van der Waals surface area contributed by atoms with E-state index in [1.54, 1.807) is 12.0 Å². The molecule has 8 nitrogen and oxygen atoms in total. The Hall–Kier alpha value is -2.13. The van der Waals surface area contributed by atoms with Gasteiger partial charge in [-0.2, -0.15) is 0 Å². The summed E-state index contributed by atoms with van der Waals surface area (Å²) in [5.74, 6) is 1.60. The van der Waals surface area contributed by atoms with Crippen LogP contribution in [0, 0.1) is 18.3 Å². The van der Waals surface area contributed by atoms with Crippen molar-refractivity contribution in [2.24, 2.45) is 5.92 Å². The molecule has 0 saturated carbocycles. The predicted octanol–water partition coefficient (Wildman–Crippen LogP) is 4.13. The van der Waals surface area contributed by atoms with E-state index >= 15 is 0 Å². The molecular weight excluding hydrogens is 514 g/mol. The average Bonchev–Trinajstić information content (AvgIpc) is 3.37. The molecule has 0 aromatic heterocycles. The van der Waals surface area contributed by atoms with Crippen molar-refractivity contribution in [2.45, 2.75) is 56.5 Å². The van der Waals surface area contributed by atoms with Crippen LogP contribution in [0.25, 0.3) is 0 Å². The van der Waals surface area contributed by atoms with Crippen molar-refractivity contribution in [3.05, 3.63) is 47.5 Å². The van der Waals surface area contributed by atoms with E-state index in [0.29, 0.717) is 24.0 Å². The van der Waals surface area contributed by atoms with Gasteiger partial charge in [0.1, 0.15) is 18.4 Å². The lowest BCUT2D eigenvalue weighted by atomic mass is 9.67. The minimum absolute atomic E-state index is 0.123. The van der Waals surface area contributed by atoms with Gasteiger partial charge in [0, 0.05) is 26.0 Å². The molecule has 1 unspecified atom stereocenters. The molecule has 0 radical (unpaired) electrons. The normalized spacial score (nSPS) is 30.6. The first-order valence-electron chi connectivity index (χ1n) is 12.1.